The Morgan fingerprint density at radius 2 is 2.14 bits per heavy atom. The van der Waals surface area contributed by atoms with Gasteiger partial charge in [-0.15, -0.1) is 0 Å². The van der Waals surface area contributed by atoms with Crippen LogP contribution in [-0.2, 0) is 17.8 Å². The van der Waals surface area contributed by atoms with Crippen LogP contribution in [-0.4, -0.2) is 41.2 Å². The molecular formula is C16H22N4OS. The van der Waals surface area contributed by atoms with Gasteiger partial charge < -0.3 is 10.1 Å². The van der Waals surface area contributed by atoms with Crippen molar-refractivity contribution in [2.75, 3.05) is 25.5 Å². The van der Waals surface area contributed by atoms with E-state index in [4.69, 9.17) is 4.74 Å². The summed E-state index contributed by atoms with van der Waals surface area (Å²) in [5, 5.41) is 7.54. The van der Waals surface area contributed by atoms with Crippen LogP contribution in [0.1, 0.15) is 24.0 Å². The molecule has 0 aromatic carbocycles. The Balaban J connectivity index is 1.46. The Hall–Kier alpha value is -1.50. The van der Waals surface area contributed by atoms with Crippen LogP contribution < -0.4 is 5.32 Å². The maximum atomic E-state index is 5.58. The first-order valence-corrected chi connectivity index (χ1v) is 8.60. The van der Waals surface area contributed by atoms with E-state index in [9.17, 15) is 0 Å². The van der Waals surface area contributed by atoms with Crippen molar-refractivity contribution in [1.29, 1.82) is 0 Å². The molecule has 0 aliphatic carbocycles. The molecular weight excluding hydrogens is 296 g/mol. The van der Waals surface area contributed by atoms with Gasteiger partial charge in [-0.05, 0) is 42.3 Å². The third kappa shape index (κ3) is 4.50. The lowest BCUT2D eigenvalue weighted by molar-refractivity contribution is 0.120. The van der Waals surface area contributed by atoms with Crippen molar-refractivity contribution in [3.05, 3.63) is 40.3 Å². The van der Waals surface area contributed by atoms with Gasteiger partial charge >= 0.3 is 0 Å². The molecule has 2 aromatic rings. The van der Waals surface area contributed by atoms with Gasteiger partial charge in [0.2, 0.25) is 5.95 Å². The van der Waals surface area contributed by atoms with Gasteiger partial charge in [0.1, 0.15) is 0 Å². The maximum absolute atomic E-state index is 5.58. The number of nitrogens with zero attached hydrogens (tertiary/aromatic N) is 3. The second-order valence-electron chi connectivity index (χ2n) is 5.73. The van der Waals surface area contributed by atoms with E-state index in [1.165, 1.54) is 5.56 Å². The van der Waals surface area contributed by atoms with Gasteiger partial charge in [0.25, 0.3) is 0 Å². The van der Waals surface area contributed by atoms with Gasteiger partial charge in [-0.25, -0.2) is 9.97 Å². The Morgan fingerprint density at radius 1 is 1.32 bits per heavy atom. The summed E-state index contributed by atoms with van der Waals surface area (Å²) < 4.78 is 5.58. The van der Waals surface area contributed by atoms with E-state index in [2.05, 4.69) is 44.1 Å². The second kappa shape index (κ2) is 7.67. The molecule has 0 unspecified atom stereocenters. The van der Waals surface area contributed by atoms with Gasteiger partial charge in [0.15, 0.2) is 0 Å². The first kappa shape index (κ1) is 15.4. The quantitative estimate of drug-likeness (QED) is 0.851. The van der Waals surface area contributed by atoms with Crippen LogP contribution in [0.5, 0.6) is 0 Å². The topological polar surface area (TPSA) is 50.3 Å². The minimum atomic E-state index is 0.306. The first-order valence-electron chi connectivity index (χ1n) is 7.65. The molecule has 6 heteroatoms. The number of nitrogens with one attached hydrogen (secondary N) is 1. The normalized spacial score (nSPS) is 18.0. The van der Waals surface area contributed by atoms with Crippen LogP contribution in [0, 0.1) is 0 Å². The van der Waals surface area contributed by atoms with Crippen LogP contribution in [0.3, 0.4) is 0 Å². The molecule has 1 fully saturated rings. The average molecular weight is 318 g/mol. The molecule has 3 heterocycles. The molecule has 22 heavy (non-hydrogen) atoms. The van der Waals surface area contributed by atoms with Crippen LogP contribution in [0.15, 0.2) is 29.2 Å². The van der Waals surface area contributed by atoms with Gasteiger partial charge in [-0.2, -0.15) is 11.3 Å². The summed E-state index contributed by atoms with van der Waals surface area (Å²) in [5.41, 5.74) is 2.48. The lowest BCUT2D eigenvalue weighted by atomic mass is 10.2. The van der Waals surface area contributed by atoms with E-state index in [0.717, 1.165) is 44.6 Å². The average Bonchev–Trinajstić information content (AvgIpc) is 3.20. The number of aromatic nitrogens is 2. The Kier molecular flexibility index (Phi) is 5.37. The lowest BCUT2D eigenvalue weighted by Crippen LogP contribution is -2.20. The van der Waals surface area contributed by atoms with Gasteiger partial charge in [0.05, 0.1) is 6.10 Å². The molecule has 2 aromatic heterocycles. The number of rotatable bonds is 7. The number of hydrogen-bond acceptors (Lipinski definition) is 6. The fourth-order valence-corrected chi connectivity index (χ4v) is 3.26. The third-order valence-electron chi connectivity index (χ3n) is 3.70. The van der Waals surface area contributed by atoms with E-state index >= 15 is 0 Å². The van der Waals surface area contributed by atoms with E-state index < -0.39 is 0 Å². The summed E-state index contributed by atoms with van der Waals surface area (Å²) in [6, 6.07) is 2.16. The predicted octanol–water partition coefficient (Wildman–Crippen LogP) is 2.76. The highest BCUT2D eigenvalue weighted by molar-refractivity contribution is 7.07. The van der Waals surface area contributed by atoms with E-state index in [0.29, 0.717) is 12.1 Å². The van der Waals surface area contributed by atoms with Crippen LogP contribution in [0.4, 0.5) is 5.95 Å². The first-order chi connectivity index (χ1) is 10.8. The van der Waals surface area contributed by atoms with Crippen LogP contribution >= 0.6 is 11.3 Å². The van der Waals surface area contributed by atoms with Crippen molar-refractivity contribution in [3.63, 3.8) is 0 Å². The van der Waals surface area contributed by atoms with E-state index in [-0.39, 0.29) is 0 Å². The molecule has 3 rings (SSSR count). The zero-order valence-corrected chi connectivity index (χ0v) is 13.7. The molecule has 1 aliphatic heterocycles. The second-order valence-corrected chi connectivity index (χ2v) is 6.51. The Morgan fingerprint density at radius 3 is 2.82 bits per heavy atom. The Bertz CT molecular complexity index is 552. The van der Waals surface area contributed by atoms with Crippen LogP contribution in [0.2, 0.25) is 0 Å². The van der Waals surface area contributed by atoms with Crippen molar-refractivity contribution >= 4 is 17.3 Å². The number of hydrogen-bond donors (Lipinski definition) is 1. The predicted molar refractivity (Wildman–Crippen MR) is 89.0 cm³/mol. The van der Waals surface area contributed by atoms with Gasteiger partial charge in [-0.1, -0.05) is 0 Å². The SMILES string of the molecule is CN(Cc1cnc(NC[C@@H]2CCCO2)nc1)Cc1ccsc1. The fraction of sp³-hybridized carbons (Fsp3) is 0.500. The van der Waals surface area contributed by atoms with E-state index in [1.807, 2.05) is 12.4 Å². The molecule has 118 valence electrons. The minimum absolute atomic E-state index is 0.306. The minimum Gasteiger partial charge on any atom is -0.376 e. The van der Waals surface area contributed by atoms with Crippen molar-refractivity contribution in [2.45, 2.75) is 32.0 Å². The fourth-order valence-electron chi connectivity index (χ4n) is 2.60. The summed E-state index contributed by atoms with van der Waals surface area (Å²) in [4.78, 5) is 11.0. The smallest absolute Gasteiger partial charge is 0.222 e. The monoisotopic (exact) mass is 318 g/mol. The van der Waals surface area contributed by atoms with Gasteiger partial charge in [0, 0.05) is 44.2 Å². The van der Waals surface area contributed by atoms with Crippen molar-refractivity contribution in [3.8, 4) is 0 Å². The molecule has 0 radical (unpaired) electrons. The highest BCUT2D eigenvalue weighted by Crippen LogP contribution is 2.13. The summed E-state index contributed by atoms with van der Waals surface area (Å²) in [5.74, 6) is 0.680. The summed E-state index contributed by atoms with van der Waals surface area (Å²) in [6.45, 7) is 3.46. The lowest BCUT2D eigenvalue weighted by Gasteiger charge is -2.16. The standard InChI is InChI=1S/C16H22N4OS/c1-20(10-13-4-6-22-12-13)11-14-7-17-16(18-8-14)19-9-15-3-2-5-21-15/h4,6-8,12,15H,2-3,5,9-11H2,1H3,(H,17,18,19)/t15-/m0/s1. The largest absolute Gasteiger partial charge is 0.376 e. The van der Waals surface area contributed by atoms with Crippen LogP contribution in [0.25, 0.3) is 0 Å². The molecule has 5 nitrogen and oxygen atoms in total. The molecule has 0 saturated carbocycles. The molecule has 1 saturated heterocycles. The molecule has 0 amide bonds. The molecule has 0 bridgehead atoms. The van der Waals surface area contributed by atoms with Crippen molar-refractivity contribution in [1.82, 2.24) is 14.9 Å². The maximum Gasteiger partial charge on any atom is 0.222 e. The summed E-state index contributed by atoms with van der Waals surface area (Å²) in [7, 11) is 2.11. The summed E-state index contributed by atoms with van der Waals surface area (Å²) in [6.07, 6.45) is 6.38. The molecule has 1 aliphatic rings. The molecule has 1 N–H and O–H groups in total. The highest BCUT2D eigenvalue weighted by atomic mass is 32.1. The highest BCUT2D eigenvalue weighted by Gasteiger charge is 2.15. The number of thiophene rings is 1. The van der Waals surface area contributed by atoms with Gasteiger partial charge in [-0.3, -0.25) is 4.90 Å². The zero-order valence-electron chi connectivity index (χ0n) is 12.9. The molecule has 0 spiro atoms. The summed E-state index contributed by atoms with van der Waals surface area (Å²) >= 11 is 1.74. The number of anilines is 1. The molecule has 1 atom stereocenters. The van der Waals surface area contributed by atoms with Crippen molar-refractivity contribution < 1.29 is 4.74 Å². The van der Waals surface area contributed by atoms with E-state index in [1.54, 1.807) is 11.3 Å². The third-order valence-corrected chi connectivity index (χ3v) is 4.43. The Labute approximate surface area is 135 Å². The zero-order chi connectivity index (χ0) is 15.2. The van der Waals surface area contributed by atoms with Crippen molar-refractivity contribution in [2.24, 2.45) is 0 Å². The number of ether oxygens (including phenoxy) is 1.